The van der Waals surface area contributed by atoms with Gasteiger partial charge in [0.15, 0.2) is 0 Å². The number of hydrogen-bond acceptors (Lipinski definition) is 2. The molecule has 21 heavy (non-hydrogen) atoms. The molecule has 5 unspecified atom stereocenters. The summed E-state index contributed by atoms with van der Waals surface area (Å²) in [6.45, 7) is 13.3. The van der Waals surface area contributed by atoms with Gasteiger partial charge in [-0.2, -0.15) is 0 Å². The molecule has 1 saturated carbocycles. The zero-order valence-corrected chi connectivity index (χ0v) is 14.9. The zero-order chi connectivity index (χ0) is 15.2. The van der Waals surface area contributed by atoms with E-state index in [1.807, 2.05) is 0 Å². The Bertz CT molecular complexity index is 291. The maximum absolute atomic E-state index is 3.78. The summed E-state index contributed by atoms with van der Waals surface area (Å²) in [5, 5.41) is 3.78. The molecule has 0 spiro atoms. The van der Waals surface area contributed by atoms with Gasteiger partial charge in [0.25, 0.3) is 0 Å². The highest BCUT2D eigenvalue weighted by Crippen LogP contribution is 2.34. The van der Waals surface area contributed by atoms with Gasteiger partial charge in [0, 0.05) is 18.6 Å². The van der Waals surface area contributed by atoms with Crippen LogP contribution < -0.4 is 5.32 Å². The summed E-state index contributed by atoms with van der Waals surface area (Å²) in [4.78, 5) is 2.79. The molecule has 2 heteroatoms. The molecule has 0 aromatic carbocycles. The lowest BCUT2D eigenvalue weighted by atomic mass is 9.75. The molecule has 5 atom stereocenters. The van der Waals surface area contributed by atoms with E-state index < -0.39 is 0 Å². The van der Waals surface area contributed by atoms with E-state index in [9.17, 15) is 0 Å². The van der Waals surface area contributed by atoms with Crippen molar-refractivity contribution < 1.29 is 0 Å². The molecule has 0 aromatic rings. The van der Waals surface area contributed by atoms with Crippen molar-refractivity contribution in [3.63, 3.8) is 0 Å². The maximum atomic E-state index is 3.78. The fraction of sp³-hybridized carbons (Fsp3) is 1.00. The molecule has 1 heterocycles. The Kier molecular flexibility index (Phi) is 7.01. The normalized spacial score (nSPS) is 38.6. The van der Waals surface area contributed by atoms with Gasteiger partial charge < -0.3 is 10.2 Å². The predicted molar refractivity (Wildman–Crippen MR) is 92.6 cm³/mol. The second-order valence-corrected chi connectivity index (χ2v) is 7.87. The van der Waals surface area contributed by atoms with E-state index in [0.29, 0.717) is 0 Å². The SMILES string of the molecule is CCCC1CCC(NCC)C(CN2CCC(C)CC2C)C1. The first-order valence-electron chi connectivity index (χ1n) is 9.61. The molecule has 124 valence electrons. The number of nitrogens with zero attached hydrogens (tertiary/aromatic N) is 1. The van der Waals surface area contributed by atoms with Crippen molar-refractivity contribution in [2.24, 2.45) is 17.8 Å². The van der Waals surface area contributed by atoms with Crippen LogP contribution in [0.1, 0.15) is 72.6 Å². The zero-order valence-electron chi connectivity index (χ0n) is 14.9. The molecular weight excluding hydrogens is 256 g/mol. The predicted octanol–water partition coefficient (Wildman–Crippen LogP) is 4.30. The summed E-state index contributed by atoms with van der Waals surface area (Å²) < 4.78 is 0. The van der Waals surface area contributed by atoms with Crippen molar-refractivity contribution in [2.45, 2.75) is 84.7 Å². The van der Waals surface area contributed by atoms with Crippen molar-refractivity contribution >= 4 is 0 Å². The van der Waals surface area contributed by atoms with Gasteiger partial charge in [-0.15, -0.1) is 0 Å². The minimum Gasteiger partial charge on any atom is -0.314 e. The fourth-order valence-electron chi connectivity index (χ4n) is 4.79. The number of nitrogens with one attached hydrogen (secondary N) is 1. The molecule has 0 amide bonds. The quantitative estimate of drug-likeness (QED) is 0.785. The van der Waals surface area contributed by atoms with Gasteiger partial charge in [0.2, 0.25) is 0 Å². The van der Waals surface area contributed by atoms with Gasteiger partial charge >= 0.3 is 0 Å². The molecule has 1 saturated heterocycles. The summed E-state index contributed by atoms with van der Waals surface area (Å²) in [6, 6.07) is 1.57. The van der Waals surface area contributed by atoms with E-state index in [-0.39, 0.29) is 0 Å². The van der Waals surface area contributed by atoms with Crippen molar-refractivity contribution in [1.29, 1.82) is 0 Å². The number of likely N-dealkylation sites (tertiary alicyclic amines) is 1. The minimum atomic E-state index is 0.773. The summed E-state index contributed by atoms with van der Waals surface area (Å²) in [5.41, 5.74) is 0. The topological polar surface area (TPSA) is 15.3 Å². The summed E-state index contributed by atoms with van der Waals surface area (Å²) in [7, 11) is 0. The Morgan fingerprint density at radius 3 is 2.52 bits per heavy atom. The molecule has 2 fully saturated rings. The summed E-state index contributed by atoms with van der Waals surface area (Å²) >= 11 is 0. The molecule has 2 rings (SSSR count). The van der Waals surface area contributed by atoms with Crippen LogP contribution >= 0.6 is 0 Å². The molecule has 2 aliphatic rings. The van der Waals surface area contributed by atoms with Gasteiger partial charge in [-0.25, -0.2) is 0 Å². The van der Waals surface area contributed by atoms with Crippen LogP contribution in [-0.4, -0.2) is 36.6 Å². The highest BCUT2D eigenvalue weighted by molar-refractivity contribution is 4.88. The van der Waals surface area contributed by atoms with Crippen molar-refractivity contribution in [3.8, 4) is 0 Å². The first kappa shape index (κ1) is 17.3. The van der Waals surface area contributed by atoms with E-state index in [2.05, 4.69) is 37.9 Å². The number of piperidine rings is 1. The summed E-state index contributed by atoms with van der Waals surface area (Å²) in [6.07, 6.45) is 9.93. The molecule has 1 N–H and O–H groups in total. The van der Waals surface area contributed by atoms with Gasteiger partial charge in [-0.05, 0) is 69.9 Å². The lowest BCUT2D eigenvalue weighted by Gasteiger charge is -2.43. The minimum absolute atomic E-state index is 0.773. The Balaban J connectivity index is 1.92. The standard InChI is InChI=1S/C19H38N2/c1-5-7-17-8-9-19(20-6-2)18(13-17)14-21-11-10-15(3)12-16(21)4/h15-20H,5-14H2,1-4H3. The van der Waals surface area contributed by atoms with Crippen molar-refractivity contribution in [3.05, 3.63) is 0 Å². The molecule has 1 aliphatic carbocycles. The molecule has 0 radical (unpaired) electrons. The molecule has 0 bridgehead atoms. The van der Waals surface area contributed by atoms with E-state index in [1.165, 1.54) is 58.0 Å². The summed E-state index contributed by atoms with van der Waals surface area (Å²) in [5.74, 6) is 2.81. The third-order valence-electron chi connectivity index (χ3n) is 6.00. The molecule has 1 aliphatic heterocycles. The Morgan fingerprint density at radius 1 is 1.05 bits per heavy atom. The molecular formula is C19H38N2. The smallest absolute Gasteiger partial charge is 0.0108 e. The van der Waals surface area contributed by atoms with Gasteiger partial charge in [-0.1, -0.05) is 33.6 Å². The highest BCUT2D eigenvalue weighted by atomic mass is 15.2. The Labute approximate surface area is 133 Å². The average molecular weight is 295 g/mol. The van der Waals surface area contributed by atoms with Crippen LogP contribution in [0.3, 0.4) is 0 Å². The van der Waals surface area contributed by atoms with Gasteiger partial charge in [0.1, 0.15) is 0 Å². The lowest BCUT2D eigenvalue weighted by molar-refractivity contribution is 0.0763. The fourth-order valence-corrected chi connectivity index (χ4v) is 4.79. The first-order chi connectivity index (χ1) is 10.1. The van der Waals surface area contributed by atoms with Crippen LogP contribution in [0.4, 0.5) is 0 Å². The van der Waals surface area contributed by atoms with Crippen molar-refractivity contribution in [2.75, 3.05) is 19.6 Å². The van der Waals surface area contributed by atoms with Crippen LogP contribution in [0.2, 0.25) is 0 Å². The van der Waals surface area contributed by atoms with Crippen LogP contribution in [-0.2, 0) is 0 Å². The van der Waals surface area contributed by atoms with E-state index >= 15 is 0 Å². The van der Waals surface area contributed by atoms with E-state index in [0.717, 1.165) is 36.4 Å². The van der Waals surface area contributed by atoms with Crippen molar-refractivity contribution in [1.82, 2.24) is 10.2 Å². The third-order valence-corrected chi connectivity index (χ3v) is 6.00. The van der Waals surface area contributed by atoms with E-state index in [4.69, 9.17) is 0 Å². The van der Waals surface area contributed by atoms with Gasteiger partial charge in [0.05, 0.1) is 0 Å². The Hall–Kier alpha value is -0.0800. The Morgan fingerprint density at radius 2 is 1.86 bits per heavy atom. The maximum Gasteiger partial charge on any atom is 0.0108 e. The largest absolute Gasteiger partial charge is 0.314 e. The average Bonchev–Trinajstić information content (AvgIpc) is 2.45. The van der Waals surface area contributed by atoms with Crippen LogP contribution in [0.15, 0.2) is 0 Å². The second kappa shape index (κ2) is 8.53. The molecule has 2 nitrogen and oxygen atoms in total. The van der Waals surface area contributed by atoms with Crippen LogP contribution in [0, 0.1) is 17.8 Å². The first-order valence-corrected chi connectivity index (χ1v) is 9.61. The molecule has 0 aromatic heterocycles. The third kappa shape index (κ3) is 4.96. The number of rotatable bonds is 6. The van der Waals surface area contributed by atoms with Crippen LogP contribution in [0.5, 0.6) is 0 Å². The highest BCUT2D eigenvalue weighted by Gasteiger charge is 2.33. The lowest BCUT2D eigenvalue weighted by Crippen LogP contribution is -2.49. The van der Waals surface area contributed by atoms with Gasteiger partial charge in [-0.3, -0.25) is 0 Å². The monoisotopic (exact) mass is 294 g/mol. The second-order valence-electron chi connectivity index (χ2n) is 7.87. The van der Waals surface area contributed by atoms with Crippen LogP contribution in [0.25, 0.3) is 0 Å². The number of hydrogen-bond donors (Lipinski definition) is 1. The van der Waals surface area contributed by atoms with E-state index in [1.54, 1.807) is 0 Å².